The first-order valence-corrected chi connectivity index (χ1v) is 8.69. The molecule has 1 aliphatic rings. The van der Waals surface area contributed by atoms with Gasteiger partial charge in [0.15, 0.2) is 0 Å². The molecule has 0 amide bonds. The van der Waals surface area contributed by atoms with Crippen molar-refractivity contribution in [2.75, 3.05) is 25.9 Å². The summed E-state index contributed by atoms with van der Waals surface area (Å²) in [6.45, 7) is 2.58. The molecule has 1 heterocycles. The highest BCUT2D eigenvalue weighted by molar-refractivity contribution is 7.88. The Labute approximate surface area is 115 Å². The first-order valence-electron chi connectivity index (χ1n) is 6.80. The van der Waals surface area contributed by atoms with E-state index in [1.165, 1.54) is 24.7 Å². The SMILES string of the molecule is CS(=O)(=O)NCCCN1CCC[C@@H]1c1ccccc1. The Morgan fingerprint density at radius 2 is 2.05 bits per heavy atom. The van der Waals surface area contributed by atoms with Crippen LogP contribution in [0.3, 0.4) is 0 Å². The summed E-state index contributed by atoms with van der Waals surface area (Å²) < 4.78 is 24.5. The molecule has 0 aliphatic carbocycles. The summed E-state index contributed by atoms with van der Waals surface area (Å²) in [4.78, 5) is 2.46. The second-order valence-corrected chi connectivity index (χ2v) is 6.96. The van der Waals surface area contributed by atoms with E-state index in [0.29, 0.717) is 12.6 Å². The highest BCUT2D eigenvalue weighted by Crippen LogP contribution is 2.31. The predicted octanol–water partition coefficient (Wildman–Crippen LogP) is 1.76. The van der Waals surface area contributed by atoms with Crippen LogP contribution in [0, 0.1) is 0 Å². The Kier molecular flexibility index (Phi) is 4.96. The Balaban J connectivity index is 1.83. The van der Waals surface area contributed by atoms with Crippen LogP contribution < -0.4 is 4.72 Å². The molecule has 0 saturated carbocycles. The molecule has 2 rings (SSSR count). The van der Waals surface area contributed by atoms with Gasteiger partial charge in [0.2, 0.25) is 10.0 Å². The van der Waals surface area contributed by atoms with Gasteiger partial charge in [-0.15, -0.1) is 0 Å². The molecule has 0 aromatic heterocycles. The first-order chi connectivity index (χ1) is 9.06. The summed E-state index contributed by atoms with van der Waals surface area (Å²) in [5.41, 5.74) is 1.37. The lowest BCUT2D eigenvalue weighted by molar-refractivity contribution is 0.254. The van der Waals surface area contributed by atoms with E-state index in [1.807, 2.05) is 6.07 Å². The van der Waals surface area contributed by atoms with Gasteiger partial charge in [0, 0.05) is 12.6 Å². The molecular weight excluding hydrogens is 260 g/mol. The molecule has 4 nitrogen and oxygen atoms in total. The van der Waals surface area contributed by atoms with E-state index < -0.39 is 10.0 Å². The number of nitrogens with one attached hydrogen (secondary N) is 1. The van der Waals surface area contributed by atoms with Crippen molar-refractivity contribution >= 4 is 10.0 Å². The molecule has 0 unspecified atom stereocenters. The summed E-state index contributed by atoms with van der Waals surface area (Å²) in [5, 5.41) is 0. The third kappa shape index (κ3) is 4.60. The Bertz CT molecular complexity index is 487. The lowest BCUT2D eigenvalue weighted by Crippen LogP contribution is -2.29. The van der Waals surface area contributed by atoms with Crippen LogP contribution in [0.1, 0.15) is 30.9 Å². The minimum absolute atomic E-state index is 0.499. The van der Waals surface area contributed by atoms with E-state index in [2.05, 4.69) is 33.9 Å². The highest BCUT2D eigenvalue weighted by Gasteiger charge is 2.24. The van der Waals surface area contributed by atoms with Gasteiger partial charge in [0.1, 0.15) is 0 Å². The molecule has 106 valence electrons. The van der Waals surface area contributed by atoms with Crippen LogP contribution in [0.2, 0.25) is 0 Å². The van der Waals surface area contributed by atoms with Gasteiger partial charge in [0.05, 0.1) is 6.26 Å². The topological polar surface area (TPSA) is 49.4 Å². The van der Waals surface area contributed by atoms with E-state index in [0.717, 1.165) is 19.5 Å². The van der Waals surface area contributed by atoms with E-state index in [4.69, 9.17) is 0 Å². The fourth-order valence-electron chi connectivity index (χ4n) is 2.69. The Hall–Kier alpha value is -0.910. The molecule has 19 heavy (non-hydrogen) atoms. The monoisotopic (exact) mass is 282 g/mol. The van der Waals surface area contributed by atoms with Crippen molar-refractivity contribution in [2.45, 2.75) is 25.3 Å². The number of nitrogens with zero attached hydrogens (tertiary/aromatic N) is 1. The number of rotatable bonds is 6. The molecule has 0 bridgehead atoms. The third-order valence-corrected chi connectivity index (χ3v) is 4.26. The predicted molar refractivity (Wildman–Crippen MR) is 77.5 cm³/mol. The van der Waals surface area contributed by atoms with Gasteiger partial charge >= 0.3 is 0 Å². The van der Waals surface area contributed by atoms with Gasteiger partial charge in [-0.3, -0.25) is 4.90 Å². The molecule has 0 spiro atoms. The zero-order valence-electron chi connectivity index (χ0n) is 11.4. The molecule has 1 aromatic rings. The molecular formula is C14H22N2O2S. The molecule has 1 atom stereocenters. The number of hydrogen-bond acceptors (Lipinski definition) is 3. The van der Waals surface area contributed by atoms with Crippen molar-refractivity contribution in [1.29, 1.82) is 0 Å². The van der Waals surface area contributed by atoms with Gasteiger partial charge in [-0.2, -0.15) is 0 Å². The molecule has 0 radical (unpaired) electrons. The zero-order chi connectivity index (χ0) is 13.7. The molecule has 5 heteroatoms. The van der Waals surface area contributed by atoms with Crippen LogP contribution in [0.15, 0.2) is 30.3 Å². The number of benzene rings is 1. The van der Waals surface area contributed by atoms with Gasteiger partial charge in [0.25, 0.3) is 0 Å². The first kappa shape index (κ1) is 14.5. The van der Waals surface area contributed by atoms with Gasteiger partial charge in [-0.05, 0) is 37.9 Å². The van der Waals surface area contributed by atoms with Gasteiger partial charge in [-0.25, -0.2) is 13.1 Å². The van der Waals surface area contributed by atoms with E-state index >= 15 is 0 Å². The van der Waals surface area contributed by atoms with Crippen molar-refractivity contribution < 1.29 is 8.42 Å². The van der Waals surface area contributed by atoms with Crippen LogP contribution >= 0.6 is 0 Å². The van der Waals surface area contributed by atoms with E-state index in [-0.39, 0.29) is 0 Å². The normalized spacial score (nSPS) is 20.8. The second kappa shape index (κ2) is 6.50. The zero-order valence-corrected chi connectivity index (χ0v) is 12.2. The van der Waals surface area contributed by atoms with Gasteiger partial charge < -0.3 is 0 Å². The summed E-state index contributed by atoms with van der Waals surface area (Å²) >= 11 is 0. The van der Waals surface area contributed by atoms with Crippen molar-refractivity contribution in [3.05, 3.63) is 35.9 Å². The maximum atomic E-state index is 11.0. The van der Waals surface area contributed by atoms with Crippen LogP contribution in [-0.2, 0) is 10.0 Å². The van der Waals surface area contributed by atoms with Crippen molar-refractivity contribution in [2.24, 2.45) is 0 Å². The van der Waals surface area contributed by atoms with E-state index in [9.17, 15) is 8.42 Å². The maximum absolute atomic E-state index is 11.0. The molecule has 1 aromatic carbocycles. The minimum atomic E-state index is -3.05. The van der Waals surface area contributed by atoms with Crippen LogP contribution in [0.5, 0.6) is 0 Å². The van der Waals surface area contributed by atoms with Crippen LogP contribution in [0.25, 0.3) is 0 Å². The average molecular weight is 282 g/mol. The lowest BCUT2D eigenvalue weighted by Gasteiger charge is -2.24. The fraction of sp³-hybridized carbons (Fsp3) is 0.571. The molecule has 1 N–H and O–H groups in total. The van der Waals surface area contributed by atoms with Crippen LogP contribution in [0.4, 0.5) is 0 Å². The van der Waals surface area contributed by atoms with E-state index in [1.54, 1.807) is 0 Å². The molecule has 1 saturated heterocycles. The summed E-state index contributed by atoms with van der Waals surface area (Å²) in [6.07, 6.45) is 4.48. The van der Waals surface area contributed by atoms with Crippen molar-refractivity contribution in [3.8, 4) is 0 Å². The van der Waals surface area contributed by atoms with Crippen LogP contribution in [-0.4, -0.2) is 39.2 Å². The standard InChI is InChI=1S/C14H22N2O2S/c1-19(17,18)15-10-6-12-16-11-5-9-14(16)13-7-3-2-4-8-13/h2-4,7-8,14-15H,5-6,9-12H2,1H3/t14-/m1/s1. The maximum Gasteiger partial charge on any atom is 0.208 e. The molecule has 1 aliphatic heterocycles. The third-order valence-electron chi connectivity index (χ3n) is 3.53. The summed E-state index contributed by atoms with van der Waals surface area (Å²) in [6, 6.07) is 11.1. The number of sulfonamides is 1. The second-order valence-electron chi connectivity index (χ2n) is 5.12. The number of hydrogen-bond donors (Lipinski definition) is 1. The van der Waals surface area contributed by atoms with Crippen molar-refractivity contribution in [1.82, 2.24) is 9.62 Å². The Morgan fingerprint density at radius 1 is 1.32 bits per heavy atom. The smallest absolute Gasteiger partial charge is 0.208 e. The lowest BCUT2D eigenvalue weighted by atomic mass is 10.0. The molecule has 1 fully saturated rings. The average Bonchev–Trinajstić information content (AvgIpc) is 2.83. The minimum Gasteiger partial charge on any atom is -0.296 e. The quantitative estimate of drug-likeness (QED) is 0.809. The van der Waals surface area contributed by atoms with Gasteiger partial charge in [-0.1, -0.05) is 30.3 Å². The van der Waals surface area contributed by atoms with Crippen molar-refractivity contribution in [3.63, 3.8) is 0 Å². The number of likely N-dealkylation sites (tertiary alicyclic amines) is 1. The Morgan fingerprint density at radius 3 is 2.74 bits per heavy atom. The fourth-order valence-corrected chi connectivity index (χ4v) is 3.20. The summed E-state index contributed by atoms with van der Waals surface area (Å²) in [7, 11) is -3.05. The summed E-state index contributed by atoms with van der Waals surface area (Å²) in [5.74, 6) is 0. The largest absolute Gasteiger partial charge is 0.296 e. The highest BCUT2D eigenvalue weighted by atomic mass is 32.2.